The van der Waals surface area contributed by atoms with Crippen molar-refractivity contribution >= 4 is 34.0 Å². The minimum atomic E-state index is 0.552. The van der Waals surface area contributed by atoms with Crippen LogP contribution in [0.5, 0.6) is 0 Å². The zero-order valence-corrected chi connectivity index (χ0v) is 11.2. The molecule has 3 nitrogen and oxygen atoms in total. The maximum absolute atomic E-state index is 9.28. The van der Waals surface area contributed by atoms with Crippen LogP contribution in [0.4, 0.5) is 0 Å². The molecule has 4 heteroatoms. The normalized spacial score (nSPS) is 11.7. The number of rotatable bonds is 2. The van der Waals surface area contributed by atoms with Gasteiger partial charge in [0.25, 0.3) is 0 Å². The van der Waals surface area contributed by atoms with Crippen molar-refractivity contribution in [2.24, 2.45) is 0 Å². The SMILES string of the molecule is Cc1ccc2nc(C(C#N)=Cc3cccs3)[nH]c2c1. The lowest BCUT2D eigenvalue weighted by molar-refractivity contribution is 1.27. The van der Waals surface area contributed by atoms with Crippen molar-refractivity contribution in [3.05, 3.63) is 52.0 Å². The van der Waals surface area contributed by atoms with E-state index in [0.29, 0.717) is 11.4 Å². The first-order chi connectivity index (χ1) is 9.26. The molecule has 2 aromatic heterocycles. The highest BCUT2D eigenvalue weighted by Crippen LogP contribution is 2.21. The van der Waals surface area contributed by atoms with Crippen LogP contribution in [0.25, 0.3) is 22.7 Å². The molecule has 1 aromatic carbocycles. The van der Waals surface area contributed by atoms with E-state index in [-0.39, 0.29) is 0 Å². The smallest absolute Gasteiger partial charge is 0.149 e. The van der Waals surface area contributed by atoms with Gasteiger partial charge in [-0.25, -0.2) is 4.98 Å². The van der Waals surface area contributed by atoms with Crippen LogP contribution in [0.2, 0.25) is 0 Å². The fourth-order valence-corrected chi connectivity index (χ4v) is 2.58. The number of benzene rings is 1. The molecule has 0 bridgehead atoms. The molecule has 3 aromatic rings. The lowest BCUT2D eigenvalue weighted by Gasteiger charge is -1.91. The lowest BCUT2D eigenvalue weighted by Crippen LogP contribution is -1.83. The first-order valence-electron chi connectivity index (χ1n) is 5.88. The molecule has 0 saturated carbocycles. The predicted octanol–water partition coefficient (Wildman–Crippen LogP) is 4.00. The molecule has 0 atom stereocenters. The van der Waals surface area contributed by atoms with Crippen molar-refractivity contribution in [3.8, 4) is 6.07 Å². The Hall–Kier alpha value is -2.38. The predicted molar refractivity (Wildman–Crippen MR) is 78.6 cm³/mol. The quantitative estimate of drug-likeness (QED) is 0.712. The van der Waals surface area contributed by atoms with Crippen molar-refractivity contribution in [1.29, 1.82) is 5.26 Å². The number of nitriles is 1. The summed E-state index contributed by atoms with van der Waals surface area (Å²) in [5.41, 5.74) is 3.56. The largest absolute Gasteiger partial charge is 0.337 e. The molecule has 0 fully saturated rings. The monoisotopic (exact) mass is 265 g/mol. The van der Waals surface area contributed by atoms with Gasteiger partial charge in [0.1, 0.15) is 11.9 Å². The number of imidazole rings is 1. The highest BCUT2D eigenvalue weighted by Gasteiger charge is 2.08. The van der Waals surface area contributed by atoms with Crippen LogP contribution in [-0.4, -0.2) is 9.97 Å². The minimum absolute atomic E-state index is 0.552. The summed E-state index contributed by atoms with van der Waals surface area (Å²) in [6.45, 7) is 2.03. The fourth-order valence-electron chi connectivity index (χ4n) is 1.92. The number of allylic oxidation sites excluding steroid dienone is 1. The highest BCUT2D eigenvalue weighted by molar-refractivity contribution is 7.10. The van der Waals surface area contributed by atoms with Gasteiger partial charge in [0.15, 0.2) is 0 Å². The van der Waals surface area contributed by atoms with Gasteiger partial charge in [0.05, 0.1) is 16.6 Å². The summed E-state index contributed by atoms with van der Waals surface area (Å²) in [6, 6.07) is 12.2. The summed E-state index contributed by atoms with van der Waals surface area (Å²) in [5, 5.41) is 11.3. The highest BCUT2D eigenvalue weighted by atomic mass is 32.1. The van der Waals surface area contributed by atoms with Gasteiger partial charge in [-0.05, 0) is 42.1 Å². The Bertz CT molecular complexity index is 789. The third-order valence-electron chi connectivity index (χ3n) is 2.84. The Balaban J connectivity index is 2.10. The van der Waals surface area contributed by atoms with Crippen LogP contribution < -0.4 is 0 Å². The van der Waals surface area contributed by atoms with Gasteiger partial charge in [0.2, 0.25) is 0 Å². The van der Waals surface area contributed by atoms with Crippen LogP contribution in [-0.2, 0) is 0 Å². The second-order valence-corrected chi connectivity index (χ2v) is 5.27. The molecule has 0 aliphatic carbocycles. The molecule has 2 heterocycles. The average Bonchev–Trinajstić information content (AvgIpc) is 3.03. The number of aryl methyl sites for hydroxylation is 1. The van der Waals surface area contributed by atoms with Crippen molar-refractivity contribution in [1.82, 2.24) is 9.97 Å². The van der Waals surface area contributed by atoms with Gasteiger partial charge in [-0.1, -0.05) is 12.1 Å². The van der Waals surface area contributed by atoms with E-state index in [1.165, 1.54) is 5.56 Å². The lowest BCUT2D eigenvalue weighted by atomic mass is 10.2. The Kier molecular flexibility index (Phi) is 2.90. The molecule has 0 aliphatic rings. The van der Waals surface area contributed by atoms with Gasteiger partial charge in [-0.15, -0.1) is 11.3 Å². The molecule has 0 radical (unpaired) electrons. The zero-order chi connectivity index (χ0) is 13.2. The Labute approximate surface area is 114 Å². The Morgan fingerprint density at radius 1 is 1.42 bits per heavy atom. The van der Waals surface area contributed by atoms with Crippen molar-refractivity contribution in [3.63, 3.8) is 0 Å². The van der Waals surface area contributed by atoms with Gasteiger partial charge < -0.3 is 4.98 Å². The number of hydrogen-bond acceptors (Lipinski definition) is 3. The number of aromatic nitrogens is 2. The number of aromatic amines is 1. The maximum Gasteiger partial charge on any atom is 0.149 e. The molecule has 0 spiro atoms. The van der Waals surface area contributed by atoms with Gasteiger partial charge in [-0.2, -0.15) is 5.26 Å². The van der Waals surface area contributed by atoms with E-state index in [4.69, 9.17) is 0 Å². The summed E-state index contributed by atoms with van der Waals surface area (Å²) in [7, 11) is 0. The number of fused-ring (bicyclic) bond motifs is 1. The third kappa shape index (κ3) is 2.28. The van der Waals surface area contributed by atoms with Crippen molar-refractivity contribution in [2.75, 3.05) is 0 Å². The van der Waals surface area contributed by atoms with E-state index < -0.39 is 0 Å². The number of nitrogens with one attached hydrogen (secondary N) is 1. The second-order valence-electron chi connectivity index (χ2n) is 4.29. The molecule has 19 heavy (non-hydrogen) atoms. The van der Waals surface area contributed by atoms with Crippen LogP contribution >= 0.6 is 11.3 Å². The van der Waals surface area contributed by atoms with Gasteiger partial charge >= 0.3 is 0 Å². The third-order valence-corrected chi connectivity index (χ3v) is 3.66. The molecule has 0 unspecified atom stereocenters. The van der Waals surface area contributed by atoms with Crippen molar-refractivity contribution in [2.45, 2.75) is 6.92 Å². The minimum Gasteiger partial charge on any atom is -0.337 e. The average molecular weight is 265 g/mol. The van der Waals surface area contributed by atoms with E-state index in [0.717, 1.165) is 15.9 Å². The van der Waals surface area contributed by atoms with Crippen LogP contribution in [0.15, 0.2) is 35.7 Å². The van der Waals surface area contributed by atoms with Crippen LogP contribution in [0.1, 0.15) is 16.3 Å². The van der Waals surface area contributed by atoms with E-state index in [2.05, 4.69) is 16.0 Å². The number of H-pyrrole nitrogens is 1. The van der Waals surface area contributed by atoms with E-state index in [1.54, 1.807) is 11.3 Å². The molecular formula is C15H11N3S. The zero-order valence-electron chi connectivity index (χ0n) is 10.3. The molecular weight excluding hydrogens is 254 g/mol. The first kappa shape index (κ1) is 11.7. The summed E-state index contributed by atoms with van der Waals surface area (Å²) < 4.78 is 0. The molecule has 92 valence electrons. The van der Waals surface area contributed by atoms with Gasteiger partial charge in [0, 0.05) is 4.88 Å². The molecule has 0 saturated heterocycles. The summed E-state index contributed by atoms with van der Waals surface area (Å²) >= 11 is 1.60. The molecule has 0 amide bonds. The summed E-state index contributed by atoms with van der Waals surface area (Å²) in [5.74, 6) is 0.622. The molecule has 1 N–H and O–H groups in total. The Morgan fingerprint density at radius 3 is 3.05 bits per heavy atom. The first-order valence-corrected chi connectivity index (χ1v) is 6.76. The standard InChI is InChI=1S/C15H11N3S/c1-10-4-5-13-14(7-10)18-15(17-13)11(9-16)8-12-3-2-6-19-12/h2-8H,1H3,(H,17,18). The van der Waals surface area contributed by atoms with Crippen LogP contribution in [0, 0.1) is 18.3 Å². The van der Waals surface area contributed by atoms with Crippen molar-refractivity contribution < 1.29 is 0 Å². The molecule has 3 rings (SSSR count). The van der Waals surface area contributed by atoms with E-state index >= 15 is 0 Å². The van der Waals surface area contributed by atoms with Crippen LogP contribution in [0.3, 0.4) is 0 Å². The maximum atomic E-state index is 9.28. The summed E-state index contributed by atoms with van der Waals surface area (Å²) in [6.07, 6.45) is 1.86. The number of hydrogen-bond donors (Lipinski definition) is 1. The second kappa shape index (κ2) is 4.71. The Morgan fingerprint density at radius 2 is 2.32 bits per heavy atom. The van der Waals surface area contributed by atoms with E-state index in [1.807, 2.05) is 48.7 Å². The molecule has 0 aliphatic heterocycles. The fraction of sp³-hybridized carbons (Fsp3) is 0.0667. The number of thiophene rings is 1. The van der Waals surface area contributed by atoms with E-state index in [9.17, 15) is 5.26 Å². The number of nitrogens with zero attached hydrogens (tertiary/aromatic N) is 2. The summed E-state index contributed by atoms with van der Waals surface area (Å²) in [4.78, 5) is 8.72. The van der Waals surface area contributed by atoms with Gasteiger partial charge in [-0.3, -0.25) is 0 Å². The topological polar surface area (TPSA) is 52.5 Å².